The van der Waals surface area contributed by atoms with E-state index in [-0.39, 0.29) is 0 Å². The number of ether oxygens (including phenoxy) is 1. The minimum absolute atomic E-state index is 0.332. The van der Waals surface area contributed by atoms with Gasteiger partial charge in [0.25, 0.3) is 0 Å². The summed E-state index contributed by atoms with van der Waals surface area (Å²) in [4.78, 5) is 11.5. The van der Waals surface area contributed by atoms with Crippen LogP contribution in [-0.4, -0.2) is 40.5 Å². The Kier molecular flexibility index (Phi) is 4.94. The van der Waals surface area contributed by atoms with Crippen molar-refractivity contribution in [2.45, 2.75) is 26.5 Å². The van der Waals surface area contributed by atoms with Gasteiger partial charge in [-0.2, -0.15) is 5.10 Å². The lowest BCUT2D eigenvalue weighted by Crippen LogP contribution is -2.24. The molecule has 3 N–H and O–H groups in total. The number of aromatic nitrogens is 2. The van der Waals surface area contributed by atoms with E-state index in [1.807, 2.05) is 0 Å². The highest BCUT2D eigenvalue weighted by atomic mass is 16.5. The van der Waals surface area contributed by atoms with E-state index >= 15 is 0 Å². The number of aliphatic hydroxyl groups is 1. The Morgan fingerprint density at radius 2 is 2.50 bits per heavy atom. The zero-order valence-electron chi connectivity index (χ0n) is 9.49. The molecule has 0 saturated carbocycles. The summed E-state index contributed by atoms with van der Waals surface area (Å²) < 4.78 is 4.87. The van der Waals surface area contributed by atoms with Crippen LogP contribution >= 0.6 is 0 Å². The van der Waals surface area contributed by atoms with Gasteiger partial charge in [0.05, 0.1) is 18.9 Å². The zero-order chi connectivity index (χ0) is 12.0. The molecule has 1 rings (SSSR count). The van der Waals surface area contributed by atoms with Gasteiger partial charge >= 0.3 is 5.97 Å². The molecule has 0 saturated heterocycles. The van der Waals surface area contributed by atoms with E-state index in [4.69, 9.17) is 9.84 Å². The number of esters is 1. The van der Waals surface area contributed by atoms with Crippen molar-refractivity contribution in [3.8, 4) is 0 Å². The van der Waals surface area contributed by atoms with Crippen LogP contribution in [0.2, 0.25) is 0 Å². The van der Waals surface area contributed by atoms with Gasteiger partial charge in [0.15, 0.2) is 0 Å². The SMILES string of the molecule is CCOC(=O)c1[nH]ncc1CNC[C@@H](C)O. The van der Waals surface area contributed by atoms with Crippen LogP contribution in [0, 0.1) is 0 Å². The number of aromatic amines is 1. The molecule has 0 radical (unpaired) electrons. The summed E-state index contributed by atoms with van der Waals surface area (Å²) in [6, 6.07) is 0. The number of hydrogen-bond acceptors (Lipinski definition) is 5. The maximum atomic E-state index is 11.5. The molecule has 6 heteroatoms. The molecule has 1 heterocycles. The molecule has 0 aliphatic carbocycles. The van der Waals surface area contributed by atoms with Crippen molar-refractivity contribution in [1.82, 2.24) is 15.5 Å². The summed E-state index contributed by atoms with van der Waals surface area (Å²) >= 11 is 0. The van der Waals surface area contributed by atoms with Crippen molar-refractivity contribution in [3.05, 3.63) is 17.5 Å². The molecule has 0 spiro atoms. The zero-order valence-corrected chi connectivity index (χ0v) is 9.49. The largest absolute Gasteiger partial charge is 0.461 e. The van der Waals surface area contributed by atoms with Gasteiger partial charge in [-0.25, -0.2) is 4.79 Å². The lowest BCUT2D eigenvalue weighted by molar-refractivity contribution is 0.0518. The third-order valence-corrected chi connectivity index (χ3v) is 1.95. The number of hydrogen-bond donors (Lipinski definition) is 3. The average Bonchev–Trinajstić information content (AvgIpc) is 2.66. The second-order valence-electron chi connectivity index (χ2n) is 3.47. The molecule has 16 heavy (non-hydrogen) atoms. The Morgan fingerprint density at radius 1 is 1.75 bits per heavy atom. The molecule has 0 fully saturated rings. The summed E-state index contributed by atoms with van der Waals surface area (Å²) in [5.41, 5.74) is 1.10. The molecule has 0 unspecified atom stereocenters. The van der Waals surface area contributed by atoms with Crippen molar-refractivity contribution >= 4 is 5.97 Å². The van der Waals surface area contributed by atoms with E-state index in [1.54, 1.807) is 20.0 Å². The highest BCUT2D eigenvalue weighted by Gasteiger charge is 2.14. The quantitative estimate of drug-likeness (QED) is 0.598. The van der Waals surface area contributed by atoms with Crippen LogP contribution in [-0.2, 0) is 11.3 Å². The van der Waals surface area contributed by atoms with Crippen molar-refractivity contribution < 1.29 is 14.6 Å². The van der Waals surface area contributed by atoms with Crippen LogP contribution in [0.25, 0.3) is 0 Å². The normalized spacial score (nSPS) is 12.4. The molecule has 6 nitrogen and oxygen atoms in total. The minimum Gasteiger partial charge on any atom is -0.461 e. The van der Waals surface area contributed by atoms with Gasteiger partial charge < -0.3 is 15.2 Å². The molecular weight excluding hydrogens is 210 g/mol. The number of nitrogens with one attached hydrogen (secondary N) is 2. The Hall–Kier alpha value is -1.40. The Morgan fingerprint density at radius 3 is 3.12 bits per heavy atom. The highest BCUT2D eigenvalue weighted by molar-refractivity contribution is 5.88. The van der Waals surface area contributed by atoms with E-state index in [0.717, 1.165) is 5.56 Å². The monoisotopic (exact) mass is 227 g/mol. The fourth-order valence-electron chi connectivity index (χ4n) is 1.24. The second kappa shape index (κ2) is 6.24. The van der Waals surface area contributed by atoms with Crippen LogP contribution < -0.4 is 5.32 Å². The topological polar surface area (TPSA) is 87.2 Å². The molecule has 0 aromatic carbocycles. The molecular formula is C10H17N3O3. The molecule has 0 amide bonds. The van der Waals surface area contributed by atoms with Crippen LogP contribution in [0.5, 0.6) is 0 Å². The van der Waals surface area contributed by atoms with Crippen LogP contribution in [0.4, 0.5) is 0 Å². The number of rotatable bonds is 6. The van der Waals surface area contributed by atoms with Crippen LogP contribution in [0.1, 0.15) is 29.9 Å². The summed E-state index contributed by atoms with van der Waals surface area (Å²) in [7, 11) is 0. The molecule has 1 atom stereocenters. The fraction of sp³-hybridized carbons (Fsp3) is 0.600. The molecule has 0 aliphatic rings. The lowest BCUT2D eigenvalue weighted by atomic mass is 10.2. The van der Waals surface area contributed by atoms with Crippen molar-refractivity contribution in [1.29, 1.82) is 0 Å². The van der Waals surface area contributed by atoms with Crippen LogP contribution in [0.15, 0.2) is 6.20 Å². The van der Waals surface area contributed by atoms with Gasteiger partial charge in [-0.05, 0) is 13.8 Å². The van der Waals surface area contributed by atoms with Gasteiger partial charge in [-0.1, -0.05) is 0 Å². The Bertz CT molecular complexity index is 336. The van der Waals surface area contributed by atoms with Gasteiger partial charge in [-0.15, -0.1) is 0 Å². The molecule has 0 bridgehead atoms. The number of aliphatic hydroxyl groups excluding tert-OH is 1. The standard InChI is InChI=1S/C10H17N3O3/c1-3-16-10(15)9-8(6-12-13-9)5-11-4-7(2)14/h6-7,11,14H,3-5H2,1-2H3,(H,12,13)/t7-/m1/s1. The summed E-state index contributed by atoms with van der Waals surface area (Å²) in [6.45, 7) is 4.70. The highest BCUT2D eigenvalue weighted by Crippen LogP contribution is 2.05. The second-order valence-corrected chi connectivity index (χ2v) is 3.47. The van der Waals surface area contributed by atoms with Gasteiger partial charge in [-0.3, -0.25) is 5.10 Å². The number of carbonyl (C=O) groups excluding carboxylic acids is 1. The minimum atomic E-state index is -0.419. The maximum absolute atomic E-state index is 11.5. The van der Waals surface area contributed by atoms with Crippen molar-refractivity contribution in [2.75, 3.05) is 13.2 Å². The fourth-order valence-corrected chi connectivity index (χ4v) is 1.24. The molecule has 1 aromatic heterocycles. The number of carbonyl (C=O) groups is 1. The Labute approximate surface area is 94.0 Å². The lowest BCUT2D eigenvalue weighted by Gasteiger charge is -2.06. The van der Waals surface area contributed by atoms with Gasteiger partial charge in [0.1, 0.15) is 5.69 Å². The maximum Gasteiger partial charge on any atom is 0.356 e. The molecule has 1 aromatic rings. The number of nitrogens with zero attached hydrogens (tertiary/aromatic N) is 1. The molecule has 90 valence electrons. The van der Waals surface area contributed by atoms with Crippen molar-refractivity contribution in [2.24, 2.45) is 0 Å². The Balaban J connectivity index is 2.53. The predicted octanol–water partition coefficient (Wildman–Crippen LogP) is 0.0568. The number of H-pyrrole nitrogens is 1. The third-order valence-electron chi connectivity index (χ3n) is 1.95. The van der Waals surface area contributed by atoms with E-state index in [1.165, 1.54) is 0 Å². The first kappa shape index (κ1) is 12.7. The van der Waals surface area contributed by atoms with E-state index in [2.05, 4.69) is 15.5 Å². The van der Waals surface area contributed by atoms with E-state index < -0.39 is 12.1 Å². The first-order valence-electron chi connectivity index (χ1n) is 5.23. The summed E-state index contributed by atoms with van der Waals surface area (Å²) in [5, 5.41) is 18.5. The van der Waals surface area contributed by atoms with E-state index in [0.29, 0.717) is 25.4 Å². The molecule has 0 aliphatic heterocycles. The predicted molar refractivity (Wildman–Crippen MR) is 57.9 cm³/mol. The average molecular weight is 227 g/mol. The third kappa shape index (κ3) is 3.63. The van der Waals surface area contributed by atoms with Gasteiger partial charge in [0.2, 0.25) is 0 Å². The van der Waals surface area contributed by atoms with Crippen molar-refractivity contribution in [3.63, 3.8) is 0 Å². The summed E-state index contributed by atoms with van der Waals surface area (Å²) in [6.07, 6.45) is 1.15. The summed E-state index contributed by atoms with van der Waals surface area (Å²) in [5.74, 6) is -0.408. The van der Waals surface area contributed by atoms with E-state index in [9.17, 15) is 4.79 Å². The first-order valence-corrected chi connectivity index (χ1v) is 5.23. The smallest absolute Gasteiger partial charge is 0.356 e. The van der Waals surface area contributed by atoms with Gasteiger partial charge in [0, 0.05) is 18.7 Å². The first-order chi connectivity index (χ1) is 7.65. The van der Waals surface area contributed by atoms with Crippen LogP contribution in [0.3, 0.4) is 0 Å².